The SMILES string of the molecule is CC1(C)CCCC(c2ccccc2CCCN)C1. The Balaban J connectivity index is 2.16. The lowest BCUT2D eigenvalue weighted by Crippen LogP contribution is -2.22. The molecule has 18 heavy (non-hydrogen) atoms. The van der Waals surface area contributed by atoms with Gasteiger partial charge in [0, 0.05) is 0 Å². The van der Waals surface area contributed by atoms with Gasteiger partial charge in [-0.2, -0.15) is 0 Å². The molecule has 1 aromatic rings. The third kappa shape index (κ3) is 3.35. The van der Waals surface area contributed by atoms with Crippen molar-refractivity contribution in [3.8, 4) is 0 Å². The topological polar surface area (TPSA) is 26.0 Å². The lowest BCUT2D eigenvalue weighted by molar-refractivity contribution is 0.219. The molecule has 1 nitrogen and oxygen atoms in total. The van der Waals surface area contributed by atoms with Crippen LogP contribution in [-0.4, -0.2) is 6.54 Å². The fourth-order valence-electron chi connectivity index (χ4n) is 3.42. The van der Waals surface area contributed by atoms with Crippen LogP contribution in [0.1, 0.15) is 63.0 Å². The van der Waals surface area contributed by atoms with Crippen molar-refractivity contribution in [2.45, 2.75) is 58.3 Å². The van der Waals surface area contributed by atoms with Crippen molar-refractivity contribution in [1.29, 1.82) is 0 Å². The maximum absolute atomic E-state index is 5.65. The molecule has 1 aromatic carbocycles. The molecule has 2 rings (SSSR count). The van der Waals surface area contributed by atoms with Gasteiger partial charge in [0.05, 0.1) is 0 Å². The Hall–Kier alpha value is -0.820. The highest BCUT2D eigenvalue weighted by Crippen LogP contribution is 2.44. The van der Waals surface area contributed by atoms with Crippen molar-refractivity contribution in [2.75, 3.05) is 6.54 Å². The second-order valence-electron chi connectivity index (χ2n) is 6.55. The third-order valence-electron chi connectivity index (χ3n) is 4.35. The maximum Gasteiger partial charge on any atom is -0.00741 e. The number of rotatable bonds is 4. The van der Waals surface area contributed by atoms with Crippen molar-refractivity contribution in [3.05, 3.63) is 35.4 Å². The maximum atomic E-state index is 5.65. The summed E-state index contributed by atoms with van der Waals surface area (Å²) in [5, 5.41) is 0. The van der Waals surface area contributed by atoms with Gasteiger partial charge in [-0.25, -0.2) is 0 Å². The number of hydrogen-bond acceptors (Lipinski definition) is 1. The highest BCUT2D eigenvalue weighted by Gasteiger charge is 2.29. The van der Waals surface area contributed by atoms with Crippen molar-refractivity contribution in [3.63, 3.8) is 0 Å². The first-order valence-electron chi connectivity index (χ1n) is 7.40. The Labute approximate surface area is 112 Å². The van der Waals surface area contributed by atoms with Gasteiger partial charge in [-0.15, -0.1) is 0 Å². The Kier molecular flexibility index (Phi) is 4.45. The predicted molar refractivity (Wildman–Crippen MR) is 78.8 cm³/mol. The van der Waals surface area contributed by atoms with Crippen molar-refractivity contribution in [1.82, 2.24) is 0 Å². The highest BCUT2D eigenvalue weighted by atomic mass is 14.5. The van der Waals surface area contributed by atoms with Crippen molar-refractivity contribution >= 4 is 0 Å². The molecule has 2 N–H and O–H groups in total. The minimum Gasteiger partial charge on any atom is -0.330 e. The van der Waals surface area contributed by atoms with Gasteiger partial charge in [-0.3, -0.25) is 0 Å². The molecule has 0 bridgehead atoms. The van der Waals surface area contributed by atoms with Gasteiger partial charge in [-0.1, -0.05) is 44.5 Å². The van der Waals surface area contributed by atoms with E-state index in [0.29, 0.717) is 5.41 Å². The lowest BCUT2D eigenvalue weighted by Gasteiger charge is -2.36. The van der Waals surface area contributed by atoms with Gasteiger partial charge >= 0.3 is 0 Å². The smallest absolute Gasteiger partial charge is 0.00741 e. The number of hydrogen-bond donors (Lipinski definition) is 1. The quantitative estimate of drug-likeness (QED) is 0.842. The zero-order valence-corrected chi connectivity index (χ0v) is 11.9. The van der Waals surface area contributed by atoms with E-state index in [9.17, 15) is 0 Å². The number of benzene rings is 1. The van der Waals surface area contributed by atoms with Gasteiger partial charge in [0.1, 0.15) is 0 Å². The van der Waals surface area contributed by atoms with Crippen LogP contribution in [0.5, 0.6) is 0 Å². The van der Waals surface area contributed by atoms with Crippen LogP contribution >= 0.6 is 0 Å². The third-order valence-corrected chi connectivity index (χ3v) is 4.35. The normalized spacial score (nSPS) is 22.9. The van der Waals surface area contributed by atoms with Gasteiger partial charge in [0.2, 0.25) is 0 Å². The molecule has 1 saturated carbocycles. The van der Waals surface area contributed by atoms with Crippen LogP contribution in [0.3, 0.4) is 0 Å². The molecule has 0 aliphatic heterocycles. The summed E-state index contributed by atoms with van der Waals surface area (Å²) in [6, 6.07) is 9.01. The predicted octanol–water partition coefficient (Wildman–Crippen LogP) is 4.26. The fraction of sp³-hybridized carbons (Fsp3) is 0.647. The Morgan fingerprint density at radius 2 is 2.06 bits per heavy atom. The van der Waals surface area contributed by atoms with Crippen LogP contribution in [0.15, 0.2) is 24.3 Å². The molecule has 0 amide bonds. The average Bonchev–Trinajstić information content (AvgIpc) is 2.35. The molecule has 0 saturated heterocycles. The number of nitrogens with two attached hydrogens (primary N) is 1. The Bertz CT molecular complexity index is 381. The molecule has 0 radical (unpaired) electrons. The molecule has 0 heterocycles. The monoisotopic (exact) mass is 245 g/mol. The van der Waals surface area contributed by atoms with Gasteiger partial charge in [0.25, 0.3) is 0 Å². The van der Waals surface area contributed by atoms with Crippen molar-refractivity contribution < 1.29 is 0 Å². The summed E-state index contributed by atoms with van der Waals surface area (Å²) in [5.41, 5.74) is 9.29. The standard InChI is InChI=1S/C17H27N/c1-17(2)11-5-8-15(13-17)16-10-4-3-7-14(16)9-6-12-18/h3-4,7,10,15H,5-6,8-9,11-13,18H2,1-2H3. The molecule has 1 atom stereocenters. The van der Waals surface area contributed by atoms with Crippen molar-refractivity contribution in [2.24, 2.45) is 11.1 Å². The molecule has 0 aromatic heterocycles. The Morgan fingerprint density at radius 1 is 1.28 bits per heavy atom. The van der Waals surface area contributed by atoms with Crippen LogP contribution in [0, 0.1) is 5.41 Å². The van der Waals surface area contributed by atoms with Crippen LogP contribution in [0.2, 0.25) is 0 Å². The molecule has 100 valence electrons. The van der Waals surface area contributed by atoms with E-state index in [1.807, 2.05) is 0 Å². The summed E-state index contributed by atoms with van der Waals surface area (Å²) in [6.45, 7) is 5.63. The summed E-state index contributed by atoms with van der Waals surface area (Å²) >= 11 is 0. The first kappa shape index (κ1) is 13.6. The van der Waals surface area contributed by atoms with Crippen LogP contribution < -0.4 is 5.73 Å². The van der Waals surface area contributed by atoms with Crippen LogP contribution in [0.4, 0.5) is 0 Å². The number of aryl methyl sites for hydroxylation is 1. The molecule has 1 fully saturated rings. The molecule has 1 unspecified atom stereocenters. The first-order chi connectivity index (χ1) is 8.62. The van der Waals surface area contributed by atoms with E-state index in [0.717, 1.165) is 25.3 Å². The zero-order chi connectivity index (χ0) is 13.0. The van der Waals surface area contributed by atoms with E-state index >= 15 is 0 Å². The Morgan fingerprint density at radius 3 is 2.78 bits per heavy atom. The van der Waals surface area contributed by atoms with Gasteiger partial charge < -0.3 is 5.73 Å². The zero-order valence-electron chi connectivity index (χ0n) is 11.9. The van der Waals surface area contributed by atoms with E-state index in [4.69, 9.17) is 5.73 Å². The molecular formula is C17H27N. The van der Waals surface area contributed by atoms with E-state index in [1.165, 1.54) is 31.2 Å². The lowest BCUT2D eigenvalue weighted by atomic mass is 9.69. The fourth-order valence-corrected chi connectivity index (χ4v) is 3.42. The first-order valence-corrected chi connectivity index (χ1v) is 7.40. The van der Waals surface area contributed by atoms with E-state index < -0.39 is 0 Å². The highest BCUT2D eigenvalue weighted by molar-refractivity contribution is 5.31. The van der Waals surface area contributed by atoms with Crippen LogP contribution in [0.25, 0.3) is 0 Å². The minimum atomic E-state index is 0.518. The second-order valence-corrected chi connectivity index (χ2v) is 6.55. The molecule has 1 aliphatic rings. The van der Waals surface area contributed by atoms with E-state index in [-0.39, 0.29) is 0 Å². The van der Waals surface area contributed by atoms with E-state index in [2.05, 4.69) is 38.1 Å². The molecule has 0 spiro atoms. The summed E-state index contributed by atoms with van der Waals surface area (Å²) < 4.78 is 0. The summed E-state index contributed by atoms with van der Waals surface area (Å²) in [6.07, 6.45) is 7.71. The molecule has 1 aliphatic carbocycles. The largest absolute Gasteiger partial charge is 0.330 e. The molecule has 1 heteroatoms. The second kappa shape index (κ2) is 5.88. The summed E-state index contributed by atoms with van der Waals surface area (Å²) in [5.74, 6) is 0.766. The average molecular weight is 245 g/mol. The van der Waals surface area contributed by atoms with Gasteiger partial charge in [0.15, 0.2) is 0 Å². The van der Waals surface area contributed by atoms with E-state index in [1.54, 1.807) is 5.56 Å². The van der Waals surface area contributed by atoms with Gasteiger partial charge in [-0.05, 0) is 61.1 Å². The summed E-state index contributed by atoms with van der Waals surface area (Å²) in [7, 11) is 0. The molecular weight excluding hydrogens is 218 g/mol. The van der Waals surface area contributed by atoms with Crippen LogP contribution in [-0.2, 0) is 6.42 Å². The minimum absolute atomic E-state index is 0.518. The summed E-state index contributed by atoms with van der Waals surface area (Å²) in [4.78, 5) is 0.